The fraction of sp³-hybridized carbons (Fsp3) is 0.348. The normalized spacial score (nSPS) is 16.3. The maximum atomic E-state index is 12.9. The predicted octanol–water partition coefficient (Wildman–Crippen LogP) is 3.51. The summed E-state index contributed by atoms with van der Waals surface area (Å²) in [4.78, 5) is 38.1. The monoisotopic (exact) mass is 394 g/mol. The van der Waals surface area contributed by atoms with Crippen LogP contribution in [0.3, 0.4) is 0 Å². The first-order chi connectivity index (χ1) is 14.0. The van der Waals surface area contributed by atoms with Crippen LogP contribution < -0.4 is 5.32 Å². The number of hydrogen-bond acceptors (Lipinski definition) is 3. The van der Waals surface area contributed by atoms with Crippen LogP contribution in [0, 0.1) is 0 Å². The number of aliphatic carboxylic acids is 1. The zero-order valence-electron chi connectivity index (χ0n) is 16.6. The fourth-order valence-electron chi connectivity index (χ4n) is 3.61. The second kappa shape index (κ2) is 9.37. The average molecular weight is 394 g/mol. The highest BCUT2D eigenvalue weighted by Gasteiger charge is 2.32. The number of aryl methyl sites for hydroxylation is 1. The van der Waals surface area contributed by atoms with Gasteiger partial charge in [-0.1, -0.05) is 37.3 Å². The third kappa shape index (κ3) is 5.22. The van der Waals surface area contributed by atoms with Crippen molar-refractivity contribution in [3.8, 4) is 0 Å². The number of carbonyl (C=O) groups is 3. The Morgan fingerprint density at radius 2 is 1.79 bits per heavy atom. The lowest BCUT2D eigenvalue weighted by Crippen LogP contribution is -2.48. The molecule has 1 aliphatic heterocycles. The Bertz CT molecular complexity index is 892. The Morgan fingerprint density at radius 1 is 1.07 bits per heavy atom. The number of rotatable bonds is 6. The van der Waals surface area contributed by atoms with Crippen LogP contribution in [-0.2, 0) is 22.4 Å². The van der Waals surface area contributed by atoms with E-state index in [1.54, 1.807) is 24.3 Å². The molecule has 152 valence electrons. The summed E-state index contributed by atoms with van der Waals surface area (Å²) in [5.41, 5.74) is 3.04. The van der Waals surface area contributed by atoms with Crippen LogP contribution in [-0.4, -0.2) is 40.4 Å². The molecule has 2 N–H and O–H groups in total. The van der Waals surface area contributed by atoms with Gasteiger partial charge >= 0.3 is 5.97 Å². The summed E-state index contributed by atoms with van der Waals surface area (Å²) in [5.74, 6) is -1.46. The first-order valence-electron chi connectivity index (χ1n) is 9.99. The van der Waals surface area contributed by atoms with Gasteiger partial charge in [0.2, 0.25) is 5.91 Å². The van der Waals surface area contributed by atoms with Crippen molar-refractivity contribution < 1.29 is 19.5 Å². The number of hydrogen-bond donors (Lipinski definition) is 2. The molecule has 0 aliphatic carbocycles. The lowest BCUT2D eigenvalue weighted by molar-refractivity contribution is -0.143. The minimum Gasteiger partial charge on any atom is -0.480 e. The Kier molecular flexibility index (Phi) is 6.65. The number of carboxylic acid groups (broad SMARTS) is 1. The molecule has 1 heterocycles. The van der Waals surface area contributed by atoms with Crippen molar-refractivity contribution in [2.75, 3.05) is 11.9 Å². The van der Waals surface area contributed by atoms with E-state index in [9.17, 15) is 19.5 Å². The van der Waals surface area contributed by atoms with E-state index >= 15 is 0 Å². The molecule has 3 rings (SSSR count). The van der Waals surface area contributed by atoms with Crippen LogP contribution in [0.25, 0.3) is 0 Å². The van der Waals surface area contributed by atoms with Gasteiger partial charge in [0.25, 0.3) is 5.91 Å². The van der Waals surface area contributed by atoms with Crippen LogP contribution >= 0.6 is 0 Å². The van der Waals surface area contributed by atoms with Crippen LogP contribution in [0.5, 0.6) is 0 Å². The first-order valence-corrected chi connectivity index (χ1v) is 9.99. The lowest BCUT2D eigenvalue weighted by Gasteiger charge is -2.33. The number of anilines is 1. The molecule has 6 heteroatoms. The number of carbonyl (C=O) groups excluding carboxylic acids is 2. The quantitative estimate of drug-likeness (QED) is 0.785. The Labute approximate surface area is 170 Å². The highest BCUT2D eigenvalue weighted by Crippen LogP contribution is 2.21. The van der Waals surface area contributed by atoms with Gasteiger partial charge in [0.1, 0.15) is 6.04 Å². The number of nitrogens with one attached hydrogen (secondary N) is 1. The van der Waals surface area contributed by atoms with E-state index < -0.39 is 12.0 Å². The summed E-state index contributed by atoms with van der Waals surface area (Å²) >= 11 is 0. The molecule has 0 bridgehead atoms. The zero-order chi connectivity index (χ0) is 20.8. The molecule has 0 radical (unpaired) electrons. The van der Waals surface area contributed by atoms with E-state index in [1.165, 1.54) is 10.5 Å². The highest BCUT2D eigenvalue weighted by molar-refractivity contribution is 5.99. The number of likely N-dealkylation sites (tertiary alicyclic amines) is 1. The molecule has 0 aromatic heterocycles. The van der Waals surface area contributed by atoms with Gasteiger partial charge in [-0.25, -0.2) is 4.79 Å². The molecule has 2 amide bonds. The van der Waals surface area contributed by atoms with Gasteiger partial charge in [0, 0.05) is 17.8 Å². The largest absolute Gasteiger partial charge is 0.480 e. The molecule has 6 nitrogen and oxygen atoms in total. The predicted molar refractivity (Wildman–Crippen MR) is 111 cm³/mol. The van der Waals surface area contributed by atoms with Gasteiger partial charge < -0.3 is 15.3 Å². The molecule has 0 saturated carbocycles. The van der Waals surface area contributed by atoms with Gasteiger partial charge in [-0.15, -0.1) is 0 Å². The SMILES string of the molecule is CCc1ccc(CC(=O)Nc2cccc(C(=O)N3CCCCC3C(=O)O)c2)cc1. The van der Waals surface area contributed by atoms with E-state index in [0.29, 0.717) is 24.2 Å². The molecule has 1 atom stereocenters. The number of carboxylic acids is 1. The zero-order valence-corrected chi connectivity index (χ0v) is 16.6. The highest BCUT2D eigenvalue weighted by atomic mass is 16.4. The molecule has 1 unspecified atom stereocenters. The molecule has 1 fully saturated rings. The summed E-state index contributed by atoms with van der Waals surface area (Å²) in [5, 5.41) is 12.2. The number of benzene rings is 2. The van der Waals surface area contributed by atoms with Gasteiger partial charge in [-0.05, 0) is 55.0 Å². The van der Waals surface area contributed by atoms with E-state index in [1.807, 2.05) is 24.3 Å². The third-order valence-electron chi connectivity index (χ3n) is 5.24. The van der Waals surface area contributed by atoms with Crippen LogP contribution in [0.2, 0.25) is 0 Å². The second-order valence-electron chi connectivity index (χ2n) is 7.32. The molecular weight excluding hydrogens is 368 g/mol. The fourth-order valence-corrected chi connectivity index (χ4v) is 3.61. The average Bonchev–Trinajstić information content (AvgIpc) is 2.74. The van der Waals surface area contributed by atoms with Crippen molar-refractivity contribution in [1.29, 1.82) is 0 Å². The van der Waals surface area contributed by atoms with Gasteiger partial charge in [-0.2, -0.15) is 0 Å². The number of amides is 2. The molecule has 0 spiro atoms. The standard InChI is InChI=1S/C23H26N2O4/c1-2-16-9-11-17(12-10-16)14-21(26)24-19-7-5-6-18(15-19)22(27)25-13-4-3-8-20(25)23(28)29/h5-7,9-12,15,20H,2-4,8,13-14H2,1H3,(H,24,26)(H,28,29). The number of nitrogens with zero attached hydrogens (tertiary/aromatic N) is 1. The smallest absolute Gasteiger partial charge is 0.326 e. The Hall–Kier alpha value is -3.15. The minimum absolute atomic E-state index is 0.166. The van der Waals surface area contributed by atoms with Gasteiger partial charge in [-0.3, -0.25) is 9.59 Å². The van der Waals surface area contributed by atoms with Crippen LogP contribution in [0.15, 0.2) is 48.5 Å². The summed E-state index contributed by atoms with van der Waals surface area (Å²) < 4.78 is 0. The van der Waals surface area contributed by atoms with Crippen molar-refractivity contribution in [2.24, 2.45) is 0 Å². The summed E-state index contributed by atoms with van der Waals surface area (Å²) in [6.45, 7) is 2.51. The van der Waals surface area contributed by atoms with Crippen molar-refractivity contribution in [3.05, 3.63) is 65.2 Å². The summed E-state index contributed by atoms with van der Waals surface area (Å²) in [6.07, 6.45) is 3.26. The van der Waals surface area contributed by atoms with E-state index in [2.05, 4.69) is 12.2 Å². The first kappa shape index (κ1) is 20.6. The second-order valence-corrected chi connectivity index (χ2v) is 7.32. The molecular formula is C23H26N2O4. The maximum Gasteiger partial charge on any atom is 0.326 e. The van der Waals surface area contributed by atoms with E-state index in [4.69, 9.17) is 0 Å². The van der Waals surface area contributed by atoms with Crippen molar-refractivity contribution in [3.63, 3.8) is 0 Å². The van der Waals surface area contributed by atoms with Crippen molar-refractivity contribution in [1.82, 2.24) is 4.90 Å². The summed E-state index contributed by atoms with van der Waals surface area (Å²) in [7, 11) is 0. The van der Waals surface area contributed by atoms with E-state index in [0.717, 1.165) is 24.8 Å². The maximum absolute atomic E-state index is 12.9. The molecule has 2 aromatic rings. The third-order valence-corrected chi connectivity index (χ3v) is 5.24. The van der Waals surface area contributed by atoms with Crippen LogP contribution in [0.1, 0.15) is 47.7 Å². The molecule has 29 heavy (non-hydrogen) atoms. The lowest BCUT2D eigenvalue weighted by atomic mass is 10.0. The Balaban J connectivity index is 1.67. The molecule has 1 aliphatic rings. The van der Waals surface area contributed by atoms with Crippen LogP contribution in [0.4, 0.5) is 5.69 Å². The minimum atomic E-state index is -0.975. The molecule has 2 aromatic carbocycles. The molecule has 1 saturated heterocycles. The summed E-state index contributed by atoms with van der Waals surface area (Å²) in [6, 6.07) is 13.8. The number of piperidine rings is 1. The Morgan fingerprint density at radius 3 is 2.48 bits per heavy atom. The van der Waals surface area contributed by atoms with E-state index in [-0.39, 0.29) is 18.2 Å². The van der Waals surface area contributed by atoms with Gasteiger partial charge in [0.05, 0.1) is 6.42 Å². The van der Waals surface area contributed by atoms with Gasteiger partial charge in [0.15, 0.2) is 0 Å². The van der Waals surface area contributed by atoms with Crippen molar-refractivity contribution in [2.45, 2.75) is 45.1 Å². The van der Waals surface area contributed by atoms with Crippen molar-refractivity contribution >= 4 is 23.5 Å². The topological polar surface area (TPSA) is 86.7 Å².